The Morgan fingerprint density at radius 3 is 2.61 bits per heavy atom. The molecule has 1 aromatic heterocycles. The van der Waals surface area contributed by atoms with Gasteiger partial charge in [-0.15, -0.1) is 0 Å². The fourth-order valence-electron chi connectivity index (χ4n) is 2.26. The van der Waals surface area contributed by atoms with Gasteiger partial charge in [-0.1, -0.05) is 30.3 Å². The summed E-state index contributed by atoms with van der Waals surface area (Å²) in [5.74, 6) is 0.900. The molecule has 0 atom stereocenters. The number of rotatable bonds is 3. The molecule has 3 rings (SSSR count). The highest BCUT2D eigenvalue weighted by Crippen LogP contribution is 2.21. The van der Waals surface area contributed by atoms with Crippen molar-refractivity contribution in [3.8, 4) is 5.75 Å². The lowest BCUT2D eigenvalue weighted by molar-refractivity contribution is 0.414. The lowest BCUT2D eigenvalue weighted by Crippen LogP contribution is -1.90. The predicted molar refractivity (Wildman–Crippen MR) is 74.1 cm³/mol. The summed E-state index contributed by atoms with van der Waals surface area (Å²) < 4.78 is 5.17. The van der Waals surface area contributed by atoms with Crippen LogP contribution in [0.1, 0.15) is 11.1 Å². The molecule has 18 heavy (non-hydrogen) atoms. The first-order valence-corrected chi connectivity index (χ1v) is 6.05. The number of fused-ring (bicyclic) bond motifs is 1. The highest BCUT2D eigenvalue weighted by Gasteiger charge is 2.03. The molecule has 0 saturated carbocycles. The second-order valence-corrected chi connectivity index (χ2v) is 4.38. The average molecular weight is 237 g/mol. The van der Waals surface area contributed by atoms with E-state index in [9.17, 15) is 0 Å². The van der Waals surface area contributed by atoms with Crippen molar-refractivity contribution in [1.29, 1.82) is 0 Å². The Kier molecular flexibility index (Phi) is 2.77. The number of para-hydroxylation sites is 1. The summed E-state index contributed by atoms with van der Waals surface area (Å²) in [4.78, 5) is 3.31. The molecule has 0 amide bonds. The van der Waals surface area contributed by atoms with E-state index in [0.717, 1.165) is 12.2 Å². The number of nitrogens with one attached hydrogen (secondary N) is 1. The summed E-state index contributed by atoms with van der Waals surface area (Å²) in [6, 6.07) is 16.7. The number of methoxy groups -OCH3 is 1. The highest BCUT2D eigenvalue weighted by molar-refractivity contribution is 5.82. The van der Waals surface area contributed by atoms with E-state index in [1.165, 1.54) is 22.0 Å². The van der Waals surface area contributed by atoms with Gasteiger partial charge in [0.15, 0.2) is 0 Å². The van der Waals surface area contributed by atoms with Crippen molar-refractivity contribution in [2.24, 2.45) is 0 Å². The summed E-state index contributed by atoms with van der Waals surface area (Å²) in [7, 11) is 1.69. The number of benzene rings is 2. The summed E-state index contributed by atoms with van der Waals surface area (Å²) in [5, 5.41) is 1.26. The third kappa shape index (κ3) is 1.97. The molecule has 0 aliphatic carbocycles. The first-order chi connectivity index (χ1) is 8.86. The largest absolute Gasteiger partial charge is 0.497 e. The van der Waals surface area contributed by atoms with Crippen LogP contribution in [0.15, 0.2) is 54.7 Å². The van der Waals surface area contributed by atoms with Crippen LogP contribution >= 0.6 is 0 Å². The first kappa shape index (κ1) is 10.9. The first-order valence-electron chi connectivity index (χ1n) is 6.05. The predicted octanol–water partition coefficient (Wildman–Crippen LogP) is 3.77. The number of ether oxygens (including phenoxy) is 1. The Labute approximate surface area is 106 Å². The van der Waals surface area contributed by atoms with Gasteiger partial charge in [-0.05, 0) is 41.1 Å². The average Bonchev–Trinajstić information content (AvgIpc) is 2.89. The van der Waals surface area contributed by atoms with E-state index in [0.29, 0.717) is 0 Å². The Hall–Kier alpha value is -2.22. The molecule has 2 heteroatoms. The normalized spacial score (nSPS) is 10.7. The maximum Gasteiger partial charge on any atom is 0.118 e. The molecule has 0 radical (unpaired) electrons. The van der Waals surface area contributed by atoms with Gasteiger partial charge in [0.05, 0.1) is 7.11 Å². The quantitative estimate of drug-likeness (QED) is 0.737. The van der Waals surface area contributed by atoms with Crippen molar-refractivity contribution in [3.05, 3.63) is 65.9 Å². The van der Waals surface area contributed by atoms with Crippen LogP contribution < -0.4 is 4.74 Å². The van der Waals surface area contributed by atoms with Crippen LogP contribution in [0.25, 0.3) is 10.9 Å². The third-order valence-electron chi connectivity index (χ3n) is 3.23. The molecule has 3 aromatic rings. The van der Waals surface area contributed by atoms with Crippen LogP contribution in [0, 0.1) is 0 Å². The Morgan fingerprint density at radius 2 is 1.83 bits per heavy atom. The summed E-state index contributed by atoms with van der Waals surface area (Å²) in [6.07, 6.45) is 2.92. The molecule has 0 aliphatic rings. The standard InChI is InChI=1S/C16H15NO/c1-18-15-7-5-12(6-8-15)11-14-4-2-3-13-9-10-17-16(13)14/h2-10,17H,11H2,1H3. The molecule has 0 spiro atoms. The van der Waals surface area contributed by atoms with Crippen LogP contribution in [0.5, 0.6) is 5.75 Å². The van der Waals surface area contributed by atoms with Crippen molar-refractivity contribution in [2.75, 3.05) is 7.11 Å². The molecule has 0 unspecified atom stereocenters. The fraction of sp³-hybridized carbons (Fsp3) is 0.125. The number of hydrogen-bond donors (Lipinski definition) is 1. The zero-order chi connectivity index (χ0) is 12.4. The zero-order valence-electron chi connectivity index (χ0n) is 10.3. The minimum Gasteiger partial charge on any atom is -0.497 e. The van der Waals surface area contributed by atoms with Crippen LogP contribution in [-0.2, 0) is 6.42 Å². The van der Waals surface area contributed by atoms with Gasteiger partial charge in [-0.2, -0.15) is 0 Å². The molecular weight excluding hydrogens is 222 g/mol. The fourth-order valence-corrected chi connectivity index (χ4v) is 2.26. The van der Waals surface area contributed by atoms with Crippen molar-refractivity contribution < 1.29 is 4.74 Å². The summed E-state index contributed by atoms with van der Waals surface area (Å²) in [5.41, 5.74) is 3.84. The minimum absolute atomic E-state index is 0.900. The van der Waals surface area contributed by atoms with Gasteiger partial charge in [0.2, 0.25) is 0 Å². The highest BCUT2D eigenvalue weighted by atomic mass is 16.5. The Balaban J connectivity index is 1.93. The van der Waals surface area contributed by atoms with Gasteiger partial charge in [0.25, 0.3) is 0 Å². The van der Waals surface area contributed by atoms with Crippen LogP contribution in [-0.4, -0.2) is 12.1 Å². The maximum atomic E-state index is 5.17. The molecule has 0 fully saturated rings. The van der Waals surface area contributed by atoms with Crippen molar-refractivity contribution in [3.63, 3.8) is 0 Å². The molecular formula is C16H15NO. The number of H-pyrrole nitrogens is 1. The molecule has 90 valence electrons. The van der Waals surface area contributed by atoms with Crippen molar-refractivity contribution in [2.45, 2.75) is 6.42 Å². The second kappa shape index (κ2) is 4.57. The van der Waals surface area contributed by atoms with E-state index in [1.807, 2.05) is 18.3 Å². The third-order valence-corrected chi connectivity index (χ3v) is 3.23. The Bertz CT molecular complexity index is 652. The molecule has 0 bridgehead atoms. The van der Waals surface area contributed by atoms with E-state index in [-0.39, 0.29) is 0 Å². The van der Waals surface area contributed by atoms with Crippen LogP contribution in [0.2, 0.25) is 0 Å². The molecule has 0 saturated heterocycles. The van der Waals surface area contributed by atoms with Crippen LogP contribution in [0.4, 0.5) is 0 Å². The van der Waals surface area contributed by atoms with Gasteiger partial charge < -0.3 is 9.72 Å². The SMILES string of the molecule is COc1ccc(Cc2cccc3cc[nH]c23)cc1. The van der Waals surface area contributed by atoms with Crippen LogP contribution in [0.3, 0.4) is 0 Å². The Morgan fingerprint density at radius 1 is 1.00 bits per heavy atom. The van der Waals surface area contributed by atoms with E-state index in [2.05, 4.69) is 41.4 Å². The molecule has 1 N–H and O–H groups in total. The topological polar surface area (TPSA) is 25.0 Å². The lowest BCUT2D eigenvalue weighted by atomic mass is 10.0. The number of aromatic nitrogens is 1. The monoisotopic (exact) mass is 237 g/mol. The maximum absolute atomic E-state index is 5.17. The number of hydrogen-bond acceptors (Lipinski definition) is 1. The van der Waals surface area contributed by atoms with E-state index >= 15 is 0 Å². The van der Waals surface area contributed by atoms with Crippen molar-refractivity contribution >= 4 is 10.9 Å². The smallest absolute Gasteiger partial charge is 0.118 e. The van der Waals surface area contributed by atoms with E-state index in [4.69, 9.17) is 4.74 Å². The summed E-state index contributed by atoms with van der Waals surface area (Å²) in [6.45, 7) is 0. The summed E-state index contributed by atoms with van der Waals surface area (Å²) >= 11 is 0. The van der Waals surface area contributed by atoms with Gasteiger partial charge in [-0.3, -0.25) is 0 Å². The second-order valence-electron chi connectivity index (χ2n) is 4.38. The van der Waals surface area contributed by atoms with Gasteiger partial charge in [0.1, 0.15) is 5.75 Å². The van der Waals surface area contributed by atoms with Crippen molar-refractivity contribution in [1.82, 2.24) is 4.98 Å². The molecule has 0 aliphatic heterocycles. The molecule has 1 heterocycles. The molecule has 2 nitrogen and oxygen atoms in total. The van der Waals surface area contributed by atoms with Gasteiger partial charge >= 0.3 is 0 Å². The van der Waals surface area contributed by atoms with E-state index in [1.54, 1.807) is 7.11 Å². The zero-order valence-corrected chi connectivity index (χ0v) is 10.3. The van der Waals surface area contributed by atoms with Gasteiger partial charge in [0, 0.05) is 11.7 Å². The lowest BCUT2D eigenvalue weighted by Gasteiger charge is -2.05. The molecule has 2 aromatic carbocycles. The number of aromatic amines is 1. The minimum atomic E-state index is 0.900. The van der Waals surface area contributed by atoms with E-state index < -0.39 is 0 Å². The van der Waals surface area contributed by atoms with Gasteiger partial charge in [-0.25, -0.2) is 0 Å².